The van der Waals surface area contributed by atoms with Crippen molar-refractivity contribution >= 4 is 17.6 Å². The van der Waals surface area contributed by atoms with Gasteiger partial charge in [-0.3, -0.25) is 9.59 Å². The molecular formula is C25H35N5O3. The number of benzene rings is 1. The minimum Gasteiger partial charge on any atom is -0.497 e. The highest BCUT2D eigenvalue weighted by Crippen LogP contribution is 2.23. The van der Waals surface area contributed by atoms with Gasteiger partial charge in [0, 0.05) is 44.7 Å². The first-order chi connectivity index (χ1) is 15.9. The van der Waals surface area contributed by atoms with Gasteiger partial charge in [-0.25, -0.2) is 0 Å². The number of likely N-dealkylation sites (N-methyl/N-ethyl adjacent to an activating group) is 1. The van der Waals surface area contributed by atoms with Gasteiger partial charge in [0.2, 0.25) is 11.8 Å². The summed E-state index contributed by atoms with van der Waals surface area (Å²) < 4.78 is 5.29. The first kappa shape index (κ1) is 24.5. The fourth-order valence-corrected chi connectivity index (χ4v) is 3.94. The number of rotatable bonds is 8. The summed E-state index contributed by atoms with van der Waals surface area (Å²) in [5.74, 6) is 1.92. The normalized spacial score (nSPS) is 14.2. The summed E-state index contributed by atoms with van der Waals surface area (Å²) in [7, 11) is 1.64. The second-order valence-corrected chi connectivity index (χ2v) is 8.74. The zero-order valence-electron chi connectivity index (χ0n) is 20.2. The van der Waals surface area contributed by atoms with Crippen LogP contribution in [0.25, 0.3) is 11.3 Å². The first-order valence-corrected chi connectivity index (χ1v) is 11.7. The minimum absolute atomic E-state index is 0.00950. The summed E-state index contributed by atoms with van der Waals surface area (Å²) >= 11 is 0. The van der Waals surface area contributed by atoms with Crippen molar-refractivity contribution in [3.05, 3.63) is 36.4 Å². The van der Waals surface area contributed by atoms with E-state index in [2.05, 4.69) is 15.1 Å². The van der Waals surface area contributed by atoms with Crippen LogP contribution in [0.5, 0.6) is 5.75 Å². The molecule has 1 aliphatic rings. The van der Waals surface area contributed by atoms with Gasteiger partial charge in [-0.1, -0.05) is 26.0 Å². The molecular weight excluding hydrogens is 418 g/mol. The molecule has 33 heavy (non-hydrogen) atoms. The third kappa shape index (κ3) is 6.66. The quantitative estimate of drug-likeness (QED) is 0.611. The van der Waals surface area contributed by atoms with Gasteiger partial charge >= 0.3 is 0 Å². The minimum atomic E-state index is 0.00950. The van der Waals surface area contributed by atoms with Gasteiger partial charge in [-0.05, 0) is 43.5 Å². The van der Waals surface area contributed by atoms with Crippen LogP contribution in [0.3, 0.4) is 0 Å². The molecule has 0 radical (unpaired) electrons. The summed E-state index contributed by atoms with van der Waals surface area (Å²) in [5.41, 5.74) is 1.74. The third-order valence-electron chi connectivity index (χ3n) is 5.83. The Morgan fingerprint density at radius 3 is 2.58 bits per heavy atom. The van der Waals surface area contributed by atoms with Crippen molar-refractivity contribution in [1.82, 2.24) is 20.0 Å². The smallest absolute Gasteiger partial charge is 0.242 e. The predicted molar refractivity (Wildman–Crippen MR) is 129 cm³/mol. The number of carbonyl (C=O) groups is 2. The van der Waals surface area contributed by atoms with Crippen LogP contribution in [0.4, 0.5) is 5.82 Å². The van der Waals surface area contributed by atoms with E-state index in [0.717, 1.165) is 35.8 Å². The van der Waals surface area contributed by atoms with Crippen LogP contribution in [0.2, 0.25) is 0 Å². The number of hydrogen-bond donors (Lipinski definition) is 0. The summed E-state index contributed by atoms with van der Waals surface area (Å²) in [6, 6.07) is 11.7. The van der Waals surface area contributed by atoms with Crippen LogP contribution in [0.15, 0.2) is 36.4 Å². The fraction of sp³-hybridized carbons (Fsp3) is 0.520. The molecule has 0 atom stereocenters. The molecule has 0 unspecified atom stereocenters. The molecule has 1 saturated heterocycles. The van der Waals surface area contributed by atoms with E-state index < -0.39 is 0 Å². The molecule has 3 rings (SSSR count). The highest BCUT2D eigenvalue weighted by Gasteiger charge is 2.23. The molecule has 2 aromatic rings. The van der Waals surface area contributed by atoms with Gasteiger partial charge in [0.1, 0.15) is 5.75 Å². The first-order valence-electron chi connectivity index (χ1n) is 11.7. The highest BCUT2D eigenvalue weighted by molar-refractivity contribution is 5.85. The van der Waals surface area contributed by atoms with Crippen LogP contribution in [0.1, 0.15) is 33.6 Å². The van der Waals surface area contributed by atoms with Crippen molar-refractivity contribution in [2.75, 3.05) is 51.3 Å². The molecule has 1 fully saturated rings. The average molecular weight is 454 g/mol. The second-order valence-electron chi connectivity index (χ2n) is 8.74. The molecule has 1 aromatic carbocycles. The largest absolute Gasteiger partial charge is 0.497 e. The number of nitrogens with zero attached hydrogens (tertiary/aromatic N) is 5. The maximum atomic E-state index is 12.9. The lowest BCUT2D eigenvalue weighted by Crippen LogP contribution is -2.44. The average Bonchev–Trinajstić information content (AvgIpc) is 3.08. The molecule has 2 heterocycles. The Morgan fingerprint density at radius 1 is 1.09 bits per heavy atom. The van der Waals surface area contributed by atoms with E-state index in [4.69, 9.17) is 4.74 Å². The van der Waals surface area contributed by atoms with E-state index in [1.165, 1.54) is 0 Å². The SMILES string of the molecule is CCN(CC(=O)N1CCCN(c2ccc(-c3cccc(OC)c3)nn2)CC1)C(=O)CC(C)C. The van der Waals surface area contributed by atoms with Crippen molar-refractivity contribution in [3.63, 3.8) is 0 Å². The Hall–Kier alpha value is -3.16. The van der Waals surface area contributed by atoms with Gasteiger partial charge in [0.15, 0.2) is 5.82 Å². The maximum Gasteiger partial charge on any atom is 0.242 e. The third-order valence-corrected chi connectivity index (χ3v) is 5.83. The molecule has 178 valence electrons. The van der Waals surface area contributed by atoms with Crippen LogP contribution >= 0.6 is 0 Å². The van der Waals surface area contributed by atoms with Gasteiger partial charge in [-0.15, -0.1) is 10.2 Å². The van der Waals surface area contributed by atoms with Crippen LogP contribution < -0.4 is 9.64 Å². The number of hydrogen-bond acceptors (Lipinski definition) is 6. The number of carbonyl (C=O) groups excluding carboxylic acids is 2. The molecule has 0 N–H and O–H groups in total. The topological polar surface area (TPSA) is 78.9 Å². The number of ether oxygens (including phenoxy) is 1. The number of anilines is 1. The summed E-state index contributed by atoms with van der Waals surface area (Å²) in [6.45, 7) is 9.43. The van der Waals surface area contributed by atoms with Gasteiger partial charge < -0.3 is 19.4 Å². The number of aromatic nitrogens is 2. The van der Waals surface area contributed by atoms with E-state index in [9.17, 15) is 9.59 Å². The van der Waals surface area contributed by atoms with Crippen molar-refractivity contribution in [3.8, 4) is 17.0 Å². The van der Waals surface area contributed by atoms with Crippen LogP contribution in [0, 0.1) is 5.92 Å². The van der Waals surface area contributed by atoms with Crippen molar-refractivity contribution < 1.29 is 14.3 Å². The summed E-state index contributed by atoms with van der Waals surface area (Å²) in [4.78, 5) is 31.0. The van der Waals surface area contributed by atoms with Gasteiger partial charge in [0.25, 0.3) is 0 Å². The maximum absolute atomic E-state index is 12.9. The Bertz CT molecular complexity index is 932. The molecule has 1 aromatic heterocycles. The lowest BCUT2D eigenvalue weighted by atomic mass is 10.1. The van der Waals surface area contributed by atoms with Crippen molar-refractivity contribution in [1.29, 1.82) is 0 Å². The zero-order chi connectivity index (χ0) is 23.8. The monoisotopic (exact) mass is 453 g/mol. The van der Waals surface area contributed by atoms with Crippen LogP contribution in [-0.2, 0) is 9.59 Å². The van der Waals surface area contributed by atoms with Crippen molar-refractivity contribution in [2.45, 2.75) is 33.6 Å². The van der Waals surface area contributed by atoms with Crippen LogP contribution in [-0.4, -0.2) is 78.2 Å². The molecule has 0 aliphatic carbocycles. The van der Waals surface area contributed by atoms with E-state index >= 15 is 0 Å². The second kappa shape index (κ2) is 11.6. The molecule has 0 spiro atoms. The number of amides is 2. The Kier molecular flexibility index (Phi) is 8.63. The fourth-order valence-electron chi connectivity index (χ4n) is 3.94. The predicted octanol–water partition coefficient (Wildman–Crippen LogP) is 3.09. The molecule has 1 aliphatic heterocycles. The lowest BCUT2D eigenvalue weighted by molar-refractivity contribution is -0.140. The number of methoxy groups -OCH3 is 1. The standard InChI is InChI=1S/C25H35N5O3/c1-5-28(24(31)16-19(2)3)18-25(32)30-13-7-12-29(14-15-30)23-11-10-22(26-27-23)20-8-6-9-21(17-20)33-4/h6,8-11,17,19H,5,7,12-16,18H2,1-4H3. The molecule has 0 bridgehead atoms. The molecule has 8 nitrogen and oxygen atoms in total. The van der Waals surface area contributed by atoms with Gasteiger partial charge in [-0.2, -0.15) is 0 Å². The highest BCUT2D eigenvalue weighted by atomic mass is 16.5. The van der Waals surface area contributed by atoms with E-state index in [1.54, 1.807) is 12.0 Å². The summed E-state index contributed by atoms with van der Waals surface area (Å²) in [6.07, 6.45) is 1.32. The van der Waals surface area contributed by atoms with Gasteiger partial charge in [0.05, 0.1) is 19.3 Å². The Balaban J connectivity index is 1.59. The Labute approximate surface area is 196 Å². The molecule has 2 amide bonds. The lowest BCUT2D eigenvalue weighted by Gasteiger charge is -2.26. The van der Waals surface area contributed by atoms with Crippen molar-refractivity contribution in [2.24, 2.45) is 5.92 Å². The van der Waals surface area contributed by atoms with E-state index in [-0.39, 0.29) is 24.3 Å². The summed E-state index contributed by atoms with van der Waals surface area (Å²) in [5, 5.41) is 8.84. The molecule has 8 heteroatoms. The van der Waals surface area contributed by atoms with E-state index in [1.807, 2.05) is 62.1 Å². The van der Waals surface area contributed by atoms with E-state index in [0.29, 0.717) is 32.6 Å². The Morgan fingerprint density at radius 2 is 1.91 bits per heavy atom. The molecule has 0 saturated carbocycles. The zero-order valence-corrected chi connectivity index (χ0v) is 20.2.